The summed E-state index contributed by atoms with van der Waals surface area (Å²) in [5.41, 5.74) is 4.99. The average molecular weight is 361 g/mol. The third-order valence-electron chi connectivity index (χ3n) is 4.41. The molecule has 0 bridgehead atoms. The standard InChI is InChI=1S/C18H23N3O3S/c1-11-17(25-10-21-11)13-4-3-12(16(7-13)24-2)5-6-19-18(23)15-8-14(22)9-20-15/h3-4,7,10,14-15,20,22H,5-6,8-9H2,1-2H3,(H,19,23)/t14-,15+/m1/s1. The van der Waals surface area contributed by atoms with Gasteiger partial charge in [0, 0.05) is 13.1 Å². The molecule has 1 saturated heterocycles. The topological polar surface area (TPSA) is 83.5 Å². The average Bonchev–Trinajstić information content (AvgIpc) is 3.23. The van der Waals surface area contributed by atoms with Crippen LogP contribution in [0.2, 0.25) is 0 Å². The molecule has 2 heterocycles. The van der Waals surface area contributed by atoms with Gasteiger partial charge < -0.3 is 20.5 Å². The van der Waals surface area contributed by atoms with Crippen LogP contribution < -0.4 is 15.4 Å². The molecular formula is C18H23N3O3S. The molecule has 1 aromatic carbocycles. The first-order valence-corrected chi connectivity index (χ1v) is 9.23. The van der Waals surface area contributed by atoms with Crippen LogP contribution in [0.1, 0.15) is 17.7 Å². The minimum atomic E-state index is -0.432. The zero-order valence-electron chi connectivity index (χ0n) is 14.4. The number of benzene rings is 1. The van der Waals surface area contributed by atoms with Crippen LogP contribution in [0, 0.1) is 6.92 Å². The van der Waals surface area contributed by atoms with Crippen LogP contribution in [0.3, 0.4) is 0 Å². The first-order valence-electron chi connectivity index (χ1n) is 8.35. The third-order valence-corrected chi connectivity index (χ3v) is 5.39. The molecule has 134 valence electrons. The minimum absolute atomic E-state index is 0.0626. The van der Waals surface area contributed by atoms with E-state index in [0.717, 1.165) is 27.4 Å². The quantitative estimate of drug-likeness (QED) is 0.726. The first-order chi connectivity index (χ1) is 12.1. The summed E-state index contributed by atoms with van der Waals surface area (Å²) in [7, 11) is 1.66. The lowest BCUT2D eigenvalue weighted by atomic mass is 10.1. The lowest BCUT2D eigenvalue weighted by Crippen LogP contribution is -2.41. The first kappa shape index (κ1) is 17.8. The van der Waals surface area contributed by atoms with Gasteiger partial charge in [-0.15, -0.1) is 11.3 Å². The number of nitrogens with one attached hydrogen (secondary N) is 2. The van der Waals surface area contributed by atoms with Crippen molar-refractivity contribution in [2.24, 2.45) is 0 Å². The second-order valence-electron chi connectivity index (χ2n) is 6.18. The van der Waals surface area contributed by atoms with Gasteiger partial charge in [0.2, 0.25) is 5.91 Å². The molecule has 2 aromatic rings. The van der Waals surface area contributed by atoms with Crippen molar-refractivity contribution in [3.05, 3.63) is 35.0 Å². The van der Waals surface area contributed by atoms with Crippen molar-refractivity contribution in [1.29, 1.82) is 0 Å². The molecule has 0 unspecified atom stereocenters. The predicted molar refractivity (Wildman–Crippen MR) is 98.0 cm³/mol. The smallest absolute Gasteiger partial charge is 0.237 e. The highest BCUT2D eigenvalue weighted by Gasteiger charge is 2.27. The van der Waals surface area contributed by atoms with Gasteiger partial charge >= 0.3 is 0 Å². The molecule has 1 amide bonds. The number of aliphatic hydroxyl groups is 1. The zero-order chi connectivity index (χ0) is 17.8. The molecule has 7 heteroatoms. The Kier molecular flexibility index (Phi) is 5.67. The maximum absolute atomic E-state index is 12.1. The molecule has 1 aliphatic heterocycles. The maximum Gasteiger partial charge on any atom is 0.237 e. The van der Waals surface area contributed by atoms with Crippen LogP contribution in [0.4, 0.5) is 0 Å². The van der Waals surface area contributed by atoms with Crippen molar-refractivity contribution < 1.29 is 14.6 Å². The Morgan fingerprint density at radius 2 is 2.36 bits per heavy atom. The van der Waals surface area contributed by atoms with Gasteiger partial charge in [-0.1, -0.05) is 12.1 Å². The van der Waals surface area contributed by atoms with Crippen LogP contribution in [0.5, 0.6) is 5.75 Å². The number of carbonyl (C=O) groups is 1. The summed E-state index contributed by atoms with van der Waals surface area (Å²) in [6.07, 6.45) is 0.725. The van der Waals surface area contributed by atoms with Gasteiger partial charge in [0.25, 0.3) is 0 Å². The fraction of sp³-hybridized carbons (Fsp3) is 0.444. The van der Waals surface area contributed by atoms with E-state index >= 15 is 0 Å². The Hall–Kier alpha value is -1.96. The molecule has 6 nitrogen and oxygen atoms in total. The van der Waals surface area contributed by atoms with E-state index in [2.05, 4.69) is 21.7 Å². The van der Waals surface area contributed by atoms with Gasteiger partial charge in [0.15, 0.2) is 0 Å². The summed E-state index contributed by atoms with van der Waals surface area (Å²) >= 11 is 1.61. The third kappa shape index (κ3) is 4.18. The number of hydrogen-bond acceptors (Lipinski definition) is 6. The zero-order valence-corrected chi connectivity index (χ0v) is 15.2. The Balaban J connectivity index is 1.61. The Morgan fingerprint density at radius 1 is 1.52 bits per heavy atom. The number of β-amino-alcohol motifs (C(OH)–C–C–N with tert-alkyl or cyclic N) is 1. The molecule has 2 atom stereocenters. The molecule has 1 fully saturated rings. The molecule has 25 heavy (non-hydrogen) atoms. The van der Waals surface area contributed by atoms with Crippen LogP contribution in [0.15, 0.2) is 23.7 Å². The van der Waals surface area contributed by atoms with Crippen LogP contribution in [-0.4, -0.2) is 48.3 Å². The van der Waals surface area contributed by atoms with E-state index < -0.39 is 6.10 Å². The number of rotatable bonds is 6. The van der Waals surface area contributed by atoms with Crippen LogP contribution >= 0.6 is 11.3 Å². The highest BCUT2D eigenvalue weighted by Crippen LogP contribution is 2.31. The molecule has 0 radical (unpaired) electrons. The normalized spacial score (nSPS) is 19.8. The number of carbonyl (C=O) groups excluding carboxylic acids is 1. The molecular weight excluding hydrogens is 338 g/mol. The van der Waals surface area contributed by atoms with Gasteiger partial charge in [-0.2, -0.15) is 0 Å². The Labute approximate surface area is 151 Å². The van der Waals surface area contributed by atoms with E-state index in [-0.39, 0.29) is 11.9 Å². The number of thiazole rings is 1. The number of amides is 1. The molecule has 1 aromatic heterocycles. The van der Waals surface area contributed by atoms with E-state index in [4.69, 9.17) is 4.74 Å². The van der Waals surface area contributed by atoms with Crippen molar-refractivity contribution in [1.82, 2.24) is 15.6 Å². The molecule has 0 aliphatic carbocycles. The van der Waals surface area contributed by atoms with E-state index in [0.29, 0.717) is 25.9 Å². The van der Waals surface area contributed by atoms with Gasteiger partial charge in [0.1, 0.15) is 5.75 Å². The van der Waals surface area contributed by atoms with Gasteiger partial charge in [-0.3, -0.25) is 4.79 Å². The Bertz CT molecular complexity index is 747. The lowest BCUT2D eigenvalue weighted by molar-refractivity contribution is -0.122. The monoisotopic (exact) mass is 361 g/mol. The van der Waals surface area contributed by atoms with Gasteiger partial charge in [0.05, 0.1) is 35.3 Å². The molecule has 1 aliphatic rings. The minimum Gasteiger partial charge on any atom is -0.496 e. The number of ether oxygens (including phenoxy) is 1. The van der Waals surface area contributed by atoms with E-state index in [9.17, 15) is 9.90 Å². The summed E-state index contributed by atoms with van der Waals surface area (Å²) in [5.74, 6) is 0.751. The van der Waals surface area contributed by atoms with E-state index in [1.165, 1.54) is 0 Å². The van der Waals surface area contributed by atoms with E-state index in [1.807, 2.05) is 24.6 Å². The molecule has 3 rings (SSSR count). The lowest BCUT2D eigenvalue weighted by Gasteiger charge is -2.13. The maximum atomic E-state index is 12.1. The van der Waals surface area contributed by atoms with Gasteiger partial charge in [-0.05, 0) is 37.0 Å². The fourth-order valence-electron chi connectivity index (χ4n) is 3.03. The van der Waals surface area contributed by atoms with Crippen molar-refractivity contribution in [2.45, 2.75) is 31.9 Å². The van der Waals surface area contributed by atoms with Crippen LogP contribution in [0.25, 0.3) is 10.4 Å². The summed E-state index contributed by atoms with van der Waals surface area (Å²) in [4.78, 5) is 17.5. The fourth-order valence-corrected chi connectivity index (χ4v) is 3.83. The molecule has 0 saturated carbocycles. The number of aliphatic hydroxyl groups excluding tert-OH is 1. The Morgan fingerprint density at radius 3 is 3.00 bits per heavy atom. The largest absolute Gasteiger partial charge is 0.496 e. The second-order valence-corrected chi connectivity index (χ2v) is 7.04. The number of aromatic nitrogens is 1. The van der Waals surface area contributed by atoms with Crippen LogP contribution in [-0.2, 0) is 11.2 Å². The van der Waals surface area contributed by atoms with Crippen molar-refractivity contribution in [2.75, 3.05) is 20.2 Å². The number of hydrogen-bond donors (Lipinski definition) is 3. The molecule has 3 N–H and O–H groups in total. The summed E-state index contributed by atoms with van der Waals surface area (Å²) in [5, 5.41) is 15.4. The predicted octanol–water partition coefficient (Wildman–Crippen LogP) is 1.51. The van der Waals surface area contributed by atoms with Gasteiger partial charge in [-0.25, -0.2) is 4.98 Å². The van der Waals surface area contributed by atoms with Crippen molar-refractivity contribution >= 4 is 17.2 Å². The number of aryl methyl sites for hydroxylation is 1. The molecule has 0 spiro atoms. The summed E-state index contributed by atoms with van der Waals surface area (Å²) in [6.45, 7) is 3.00. The highest BCUT2D eigenvalue weighted by molar-refractivity contribution is 7.13. The SMILES string of the molecule is COc1cc(-c2scnc2C)ccc1CCNC(=O)[C@@H]1C[C@@H](O)CN1. The van der Waals surface area contributed by atoms with Crippen molar-refractivity contribution in [3.63, 3.8) is 0 Å². The summed E-state index contributed by atoms with van der Waals surface area (Å²) < 4.78 is 5.52. The highest BCUT2D eigenvalue weighted by atomic mass is 32.1. The number of methoxy groups -OCH3 is 1. The van der Waals surface area contributed by atoms with Crippen molar-refractivity contribution in [3.8, 4) is 16.2 Å². The van der Waals surface area contributed by atoms with E-state index in [1.54, 1.807) is 18.4 Å². The second kappa shape index (κ2) is 7.95. The number of nitrogens with zero attached hydrogens (tertiary/aromatic N) is 1. The summed E-state index contributed by atoms with van der Waals surface area (Å²) in [6, 6.07) is 5.83.